The molecule has 3 heteroatoms. The van der Waals surface area contributed by atoms with Crippen molar-refractivity contribution >= 4 is 0 Å². The van der Waals surface area contributed by atoms with Crippen LogP contribution in [0.1, 0.15) is 21.2 Å². The number of hydrogen-bond donors (Lipinski definition) is 2. The summed E-state index contributed by atoms with van der Waals surface area (Å²) in [5.41, 5.74) is 4.96. The van der Waals surface area contributed by atoms with Gasteiger partial charge in [-0.25, -0.2) is 0 Å². The molecule has 0 aliphatic heterocycles. The van der Waals surface area contributed by atoms with E-state index in [0.717, 1.165) is 6.42 Å². The van der Waals surface area contributed by atoms with Crippen LogP contribution in [0.25, 0.3) is 0 Å². The van der Waals surface area contributed by atoms with E-state index in [1.54, 1.807) is 0 Å². The van der Waals surface area contributed by atoms with E-state index in [9.17, 15) is 0 Å². The second-order valence-corrected chi connectivity index (χ2v) is 1.36. The van der Waals surface area contributed by atoms with Gasteiger partial charge in [0.15, 0.2) is 0 Å². The Morgan fingerprint density at radius 3 is 2.29 bits per heavy atom. The summed E-state index contributed by atoms with van der Waals surface area (Å²) in [4.78, 5) is 0. The van der Waals surface area contributed by atoms with Gasteiger partial charge in [-0.05, 0) is 6.42 Å². The van der Waals surface area contributed by atoms with E-state index >= 15 is 0 Å². The quantitative estimate of drug-likeness (QED) is 0.300. The Morgan fingerprint density at radius 1 is 1.86 bits per heavy atom. The molecule has 0 saturated heterocycles. The molecule has 0 aliphatic rings. The summed E-state index contributed by atoms with van der Waals surface area (Å²) in [7, 11) is 0. The molecular formula is C4H12NNaO. The minimum absolute atomic E-state index is 0. The molecule has 7 heavy (non-hydrogen) atoms. The van der Waals surface area contributed by atoms with Crippen LogP contribution in [0, 0.1) is 0 Å². The number of aliphatic hydroxyl groups is 1. The van der Waals surface area contributed by atoms with Crippen LogP contribution in [0.2, 0.25) is 0 Å². The molecule has 0 heterocycles. The van der Waals surface area contributed by atoms with Gasteiger partial charge in [-0.3, -0.25) is 0 Å². The molecule has 0 radical (unpaired) electrons. The molecule has 2 nitrogen and oxygen atoms in total. The molecule has 0 amide bonds. The molecular weight excluding hydrogens is 101 g/mol. The second-order valence-electron chi connectivity index (χ2n) is 1.36. The van der Waals surface area contributed by atoms with Crippen molar-refractivity contribution < 1.29 is 36.1 Å². The van der Waals surface area contributed by atoms with Crippen molar-refractivity contribution in [2.75, 3.05) is 0 Å². The SMILES string of the molecule is CCC[C@@H](N)O.[H-].[Na+]. The van der Waals surface area contributed by atoms with Gasteiger partial charge in [-0.2, -0.15) is 0 Å². The standard InChI is InChI=1S/C4H11NO.Na.H/c1-2-3-4(5)6;;/h4,6H,2-3,5H2,1H3;;/q;+1;-1/t4-;;/m0../s1. The molecule has 0 saturated carbocycles. The first-order valence-electron chi connectivity index (χ1n) is 2.21. The zero-order valence-corrected chi connectivity index (χ0v) is 7.02. The van der Waals surface area contributed by atoms with E-state index in [2.05, 4.69) is 0 Å². The van der Waals surface area contributed by atoms with Crippen molar-refractivity contribution in [1.82, 2.24) is 0 Å². The van der Waals surface area contributed by atoms with Gasteiger partial charge in [-0.1, -0.05) is 13.3 Å². The van der Waals surface area contributed by atoms with Gasteiger partial charge in [-0.15, -0.1) is 0 Å². The number of aliphatic hydroxyl groups excluding tert-OH is 1. The molecule has 0 unspecified atom stereocenters. The molecule has 0 fully saturated rings. The van der Waals surface area contributed by atoms with Crippen molar-refractivity contribution in [3.05, 3.63) is 0 Å². The Balaban J connectivity index is -0.000000125. The summed E-state index contributed by atoms with van der Waals surface area (Å²) in [6.45, 7) is 1.98. The van der Waals surface area contributed by atoms with Gasteiger partial charge in [0.1, 0.15) is 6.23 Å². The fourth-order valence-electron chi connectivity index (χ4n) is 0.296. The van der Waals surface area contributed by atoms with E-state index in [1.165, 1.54) is 0 Å². The number of rotatable bonds is 2. The fourth-order valence-corrected chi connectivity index (χ4v) is 0.296. The van der Waals surface area contributed by atoms with Crippen LogP contribution in [0.15, 0.2) is 0 Å². The topological polar surface area (TPSA) is 46.2 Å². The zero-order chi connectivity index (χ0) is 4.99. The summed E-state index contributed by atoms with van der Waals surface area (Å²) in [5.74, 6) is 0. The van der Waals surface area contributed by atoms with Gasteiger partial charge in [0.2, 0.25) is 0 Å². The third-order valence-electron chi connectivity index (χ3n) is 0.584. The van der Waals surface area contributed by atoms with Crippen LogP contribution in [0.4, 0.5) is 0 Å². The smallest absolute Gasteiger partial charge is 1.00 e. The van der Waals surface area contributed by atoms with E-state index in [1.807, 2.05) is 6.92 Å². The van der Waals surface area contributed by atoms with Crippen LogP contribution in [0.5, 0.6) is 0 Å². The molecule has 0 aromatic carbocycles. The Kier molecular flexibility index (Phi) is 10.7. The molecule has 0 aliphatic carbocycles. The van der Waals surface area contributed by atoms with Crippen LogP contribution in [0.3, 0.4) is 0 Å². The molecule has 0 spiro atoms. The Morgan fingerprint density at radius 2 is 2.29 bits per heavy atom. The first kappa shape index (κ1) is 10.8. The molecule has 0 bridgehead atoms. The fraction of sp³-hybridized carbons (Fsp3) is 1.00. The minimum atomic E-state index is -0.602. The third kappa shape index (κ3) is 10.9. The number of hydrogen-bond acceptors (Lipinski definition) is 2. The summed E-state index contributed by atoms with van der Waals surface area (Å²) in [6, 6.07) is 0. The van der Waals surface area contributed by atoms with E-state index in [0.29, 0.717) is 6.42 Å². The van der Waals surface area contributed by atoms with Crippen LogP contribution >= 0.6 is 0 Å². The van der Waals surface area contributed by atoms with E-state index in [4.69, 9.17) is 10.8 Å². The molecule has 1 atom stereocenters. The van der Waals surface area contributed by atoms with E-state index < -0.39 is 6.23 Å². The Bertz CT molecular complexity index is 37.2. The van der Waals surface area contributed by atoms with Gasteiger partial charge in [0.05, 0.1) is 0 Å². The average molecular weight is 113 g/mol. The summed E-state index contributed by atoms with van der Waals surface area (Å²) in [6.07, 6.45) is 1.06. The normalized spacial score (nSPS) is 12.4. The van der Waals surface area contributed by atoms with Crippen molar-refractivity contribution in [3.8, 4) is 0 Å². The van der Waals surface area contributed by atoms with Crippen molar-refractivity contribution in [2.24, 2.45) is 5.73 Å². The van der Waals surface area contributed by atoms with Gasteiger partial charge in [0, 0.05) is 0 Å². The molecule has 3 N–H and O–H groups in total. The maximum atomic E-state index is 8.33. The third-order valence-corrected chi connectivity index (χ3v) is 0.584. The first-order chi connectivity index (χ1) is 2.77. The van der Waals surface area contributed by atoms with Crippen LogP contribution in [-0.2, 0) is 0 Å². The molecule has 0 aromatic heterocycles. The summed E-state index contributed by atoms with van der Waals surface area (Å²) >= 11 is 0. The summed E-state index contributed by atoms with van der Waals surface area (Å²) < 4.78 is 0. The Labute approximate surface area is 67.9 Å². The second kappa shape index (κ2) is 6.92. The van der Waals surface area contributed by atoms with Crippen LogP contribution in [-0.4, -0.2) is 11.3 Å². The monoisotopic (exact) mass is 113 g/mol. The van der Waals surface area contributed by atoms with E-state index in [-0.39, 0.29) is 31.0 Å². The largest absolute Gasteiger partial charge is 1.00 e. The van der Waals surface area contributed by atoms with Gasteiger partial charge >= 0.3 is 29.6 Å². The van der Waals surface area contributed by atoms with Crippen molar-refractivity contribution in [3.63, 3.8) is 0 Å². The summed E-state index contributed by atoms with van der Waals surface area (Å²) in [5, 5.41) is 8.33. The maximum Gasteiger partial charge on any atom is 1.00 e. The average Bonchev–Trinajstić information content (AvgIpc) is 1.35. The minimum Gasteiger partial charge on any atom is -1.00 e. The van der Waals surface area contributed by atoms with Crippen LogP contribution < -0.4 is 35.3 Å². The number of nitrogens with two attached hydrogens (primary N) is 1. The molecule has 40 valence electrons. The molecule has 0 rings (SSSR count). The Hall–Kier alpha value is 0.920. The first-order valence-corrected chi connectivity index (χ1v) is 2.21. The zero-order valence-electron chi connectivity index (χ0n) is 6.02. The van der Waals surface area contributed by atoms with Crippen molar-refractivity contribution in [1.29, 1.82) is 0 Å². The predicted octanol–water partition coefficient (Wildman–Crippen LogP) is -2.82. The predicted molar refractivity (Wildman–Crippen MR) is 26.2 cm³/mol. The van der Waals surface area contributed by atoms with Gasteiger partial charge in [0.25, 0.3) is 0 Å². The molecule has 0 aromatic rings. The van der Waals surface area contributed by atoms with Crippen molar-refractivity contribution in [2.45, 2.75) is 26.0 Å². The van der Waals surface area contributed by atoms with Gasteiger partial charge < -0.3 is 12.3 Å². The maximum absolute atomic E-state index is 8.33.